The average molecular weight is 299 g/mol. The van der Waals surface area contributed by atoms with Gasteiger partial charge >= 0.3 is 0 Å². The Hall–Kier alpha value is -2.01. The summed E-state index contributed by atoms with van der Waals surface area (Å²) in [5.41, 5.74) is 5.70. The summed E-state index contributed by atoms with van der Waals surface area (Å²) in [6.45, 7) is 5.93. The molecule has 1 unspecified atom stereocenters. The number of hydrogen-bond acceptors (Lipinski definition) is 3. The van der Waals surface area contributed by atoms with Crippen molar-refractivity contribution in [1.82, 2.24) is 0 Å². The number of carbonyl (C=O) groups excluding carboxylic acids is 2. The molecule has 0 radical (unpaired) electrons. The van der Waals surface area contributed by atoms with E-state index >= 15 is 0 Å². The minimum Gasteiger partial charge on any atom is -0.400 e. The van der Waals surface area contributed by atoms with E-state index in [-0.39, 0.29) is 5.91 Å². The highest BCUT2D eigenvalue weighted by atomic mass is 19.1. The van der Waals surface area contributed by atoms with Crippen molar-refractivity contribution in [3.05, 3.63) is 48.6 Å². The number of benzene rings is 1. The number of alkyl halides is 1. The lowest BCUT2D eigenvalue weighted by atomic mass is 10.1. The SMILES string of the molecule is C=CC(C)F.CC(N)=O.CO.O=CCCc1ccccc1. The first kappa shape index (κ1) is 24.0. The second-order valence-corrected chi connectivity index (χ2v) is 3.71. The molecule has 1 aromatic rings. The normalized spacial score (nSPS) is 9.19. The summed E-state index contributed by atoms with van der Waals surface area (Å²) >= 11 is 0. The molecular formula is C16H26FNO3. The molecule has 0 saturated heterocycles. The van der Waals surface area contributed by atoms with Crippen LogP contribution in [0.1, 0.15) is 25.8 Å². The Morgan fingerprint density at radius 3 is 2.05 bits per heavy atom. The fraction of sp³-hybridized carbons (Fsp3) is 0.375. The molecule has 0 saturated carbocycles. The summed E-state index contributed by atoms with van der Waals surface area (Å²) in [7, 11) is 1.00. The smallest absolute Gasteiger partial charge is 0.214 e. The molecule has 0 heterocycles. The number of aryl methyl sites for hydroxylation is 1. The Morgan fingerprint density at radius 2 is 1.76 bits per heavy atom. The molecule has 0 bridgehead atoms. The number of rotatable bonds is 4. The van der Waals surface area contributed by atoms with Crippen LogP contribution in [-0.4, -0.2) is 30.6 Å². The van der Waals surface area contributed by atoms with Gasteiger partial charge in [0, 0.05) is 20.5 Å². The molecule has 1 aromatic carbocycles. The number of halogens is 1. The van der Waals surface area contributed by atoms with Gasteiger partial charge in [-0.15, -0.1) is 6.58 Å². The van der Waals surface area contributed by atoms with Gasteiger partial charge in [-0.2, -0.15) is 0 Å². The van der Waals surface area contributed by atoms with Gasteiger partial charge in [-0.05, 0) is 18.9 Å². The first-order valence-electron chi connectivity index (χ1n) is 6.39. The third kappa shape index (κ3) is 32.0. The summed E-state index contributed by atoms with van der Waals surface area (Å²) in [6.07, 6.45) is 2.84. The second kappa shape index (κ2) is 20.3. The summed E-state index contributed by atoms with van der Waals surface area (Å²) < 4.78 is 11.3. The van der Waals surface area contributed by atoms with Gasteiger partial charge in [0.25, 0.3) is 0 Å². The molecule has 1 amide bonds. The van der Waals surface area contributed by atoms with Crippen LogP contribution in [0.2, 0.25) is 0 Å². The molecule has 1 rings (SSSR count). The second-order valence-electron chi connectivity index (χ2n) is 3.71. The summed E-state index contributed by atoms with van der Waals surface area (Å²) in [5.74, 6) is -0.333. The number of nitrogens with two attached hydrogens (primary N) is 1. The minimum atomic E-state index is -0.852. The van der Waals surface area contributed by atoms with Crippen LogP contribution in [0, 0.1) is 0 Å². The van der Waals surface area contributed by atoms with E-state index in [4.69, 9.17) is 5.11 Å². The maximum atomic E-state index is 11.3. The van der Waals surface area contributed by atoms with Crippen molar-refractivity contribution in [2.24, 2.45) is 5.73 Å². The molecule has 0 aromatic heterocycles. The lowest BCUT2D eigenvalue weighted by Gasteiger charge is -1.93. The van der Waals surface area contributed by atoms with E-state index in [2.05, 4.69) is 12.3 Å². The van der Waals surface area contributed by atoms with Crippen LogP contribution < -0.4 is 5.73 Å². The zero-order valence-electron chi connectivity index (χ0n) is 13.0. The number of aldehydes is 1. The van der Waals surface area contributed by atoms with Crippen molar-refractivity contribution in [2.45, 2.75) is 32.9 Å². The van der Waals surface area contributed by atoms with E-state index in [1.807, 2.05) is 30.3 Å². The van der Waals surface area contributed by atoms with Gasteiger partial charge in [-0.3, -0.25) is 4.79 Å². The van der Waals surface area contributed by atoms with Crippen LogP contribution in [0.5, 0.6) is 0 Å². The number of aliphatic hydroxyl groups is 1. The standard InChI is InChI=1S/C9H10O.C4H7F.C2H5NO.CH4O/c10-8-4-7-9-5-2-1-3-6-9;1-3-4(2)5;1-2(3)4;1-2/h1-3,5-6,8H,4,7H2;3-4H,1H2,2H3;1H3,(H2,3,4);2H,1H3. The summed E-state index contributed by atoms with van der Waals surface area (Å²) in [6, 6.07) is 10.0. The fourth-order valence-electron chi connectivity index (χ4n) is 0.870. The molecule has 0 fully saturated rings. The Morgan fingerprint density at radius 1 is 1.38 bits per heavy atom. The van der Waals surface area contributed by atoms with Crippen molar-refractivity contribution in [3.8, 4) is 0 Å². The number of aliphatic hydroxyl groups excluding tert-OH is 1. The quantitative estimate of drug-likeness (QED) is 0.662. The van der Waals surface area contributed by atoms with Crippen LogP contribution in [0.15, 0.2) is 43.0 Å². The molecule has 1 atom stereocenters. The molecule has 5 heteroatoms. The topological polar surface area (TPSA) is 80.4 Å². The van der Waals surface area contributed by atoms with Crippen molar-refractivity contribution in [3.63, 3.8) is 0 Å². The molecule has 0 spiro atoms. The number of carbonyl (C=O) groups is 2. The minimum absolute atomic E-state index is 0.333. The molecule has 21 heavy (non-hydrogen) atoms. The molecular weight excluding hydrogens is 273 g/mol. The van der Waals surface area contributed by atoms with Gasteiger partial charge < -0.3 is 15.6 Å². The highest BCUT2D eigenvalue weighted by Gasteiger charge is 1.87. The lowest BCUT2D eigenvalue weighted by molar-refractivity contribution is -0.116. The van der Waals surface area contributed by atoms with Gasteiger partial charge in [-0.1, -0.05) is 36.4 Å². The van der Waals surface area contributed by atoms with Crippen LogP contribution in [0.3, 0.4) is 0 Å². The summed E-state index contributed by atoms with van der Waals surface area (Å²) in [5, 5.41) is 7.00. The molecule has 3 N–H and O–H groups in total. The van der Waals surface area contributed by atoms with Gasteiger partial charge in [0.2, 0.25) is 5.91 Å². The van der Waals surface area contributed by atoms with E-state index in [1.54, 1.807) is 0 Å². The van der Waals surface area contributed by atoms with E-state index in [9.17, 15) is 14.0 Å². The zero-order valence-corrected chi connectivity index (χ0v) is 13.0. The highest BCUT2D eigenvalue weighted by molar-refractivity contribution is 5.70. The molecule has 0 aliphatic rings. The predicted molar refractivity (Wildman–Crippen MR) is 84.6 cm³/mol. The Kier molecular flexibility index (Phi) is 23.2. The lowest BCUT2D eigenvalue weighted by Crippen LogP contribution is -2.01. The third-order valence-electron chi connectivity index (χ3n) is 1.72. The van der Waals surface area contributed by atoms with E-state index < -0.39 is 6.17 Å². The van der Waals surface area contributed by atoms with Crippen molar-refractivity contribution < 1.29 is 19.1 Å². The monoisotopic (exact) mass is 299 g/mol. The van der Waals surface area contributed by atoms with Crippen LogP contribution in [0.4, 0.5) is 4.39 Å². The Bertz CT molecular complexity index is 350. The first-order valence-corrected chi connectivity index (χ1v) is 6.39. The van der Waals surface area contributed by atoms with Gasteiger partial charge in [-0.25, -0.2) is 4.39 Å². The van der Waals surface area contributed by atoms with Crippen LogP contribution in [0.25, 0.3) is 0 Å². The van der Waals surface area contributed by atoms with Crippen LogP contribution in [-0.2, 0) is 16.0 Å². The average Bonchev–Trinajstić information content (AvgIpc) is 2.48. The Balaban J connectivity index is -0.000000250. The van der Waals surface area contributed by atoms with Crippen molar-refractivity contribution in [2.75, 3.05) is 7.11 Å². The fourth-order valence-corrected chi connectivity index (χ4v) is 0.870. The first-order chi connectivity index (χ1) is 9.93. The zero-order chi connectivity index (χ0) is 17.1. The van der Waals surface area contributed by atoms with Crippen LogP contribution >= 0.6 is 0 Å². The molecule has 0 aliphatic carbocycles. The van der Waals surface area contributed by atoms with Crippen molar-refractivity contribution >= 4 is 12.2 Å². The molecule has 120 valence electrons. The third-order valence-corrected chi connectivity index (χ3v) is 1.72. The number of allylic oxidation sites excluding steroid dienone is 1. The molecule has 0 aliphatic heterocycles. The summed E-state index contributed by atoms with van der Waals surface area (Å²) in [4.78, 5) is 19.2. The van der Waals surface area contributed by atoms with Gasteiger partial charge in [0.05, 0.1) is 0 Å². The molecule has 4 nitrogen and oxygen atoms in total. The highest BCUT2D eigenvalue weighted by Crippen LogP contribution is 2.00. The van der Waals surface area contributed by atoms with E-state index in [1.165, 1.54) is 25.5 Å². The predicted octanol–water partition coefficient (Wildman–Crippen LogP) is 2.45. The maximum Gasteiger partial charge on any atom is 0.214 e. The van der Waals surface area contributed by atoms with Gasteiger partial charge in [0.15, 0.2) is 0 Å². The Labute approximate surface area is 126 Å². The number of primary amides is 1. The maximum absolute atomic E-state index is 11.3. The van der Waals surface area contributed by atoms with E-state index in [0.29, 0.717) is 6.42 Å². The van der Waals surface area contributed by atoms with Gasteiger partial charge in [0.1, 0.15) is 12.5 Å². The largest absolute Gasteiger partial charge is 0.400 e. The van der Waals surface area contributed by atoms with Crippen molar-refractivity contribution in [1.29, 1.82) is 0 Å². The number of amides is 1. The van der Waals surface area contributed by atoms with E-state index in [0.717, 1.165) is 19.8 Å². The number of hydrogen-bond donors (Lipinski definition) is 2.